The number of rotatable bonds is 2. The van der Waals surface area contributed by atoms with E-state index < -0.39 is 23.7 Å². The Morgan fingerprint density at radius 1 is 1.33 bits per heavy atom. The quantitative estimate of drug-likeness (QED) is 0.782. The molecule has 0 heterocycles. The molecule has 0 fully saturated rings. The first-order valence-electron chi connectivity index (χ1n) is 3.94. The van der Waals surface area contributed by atoms with Gasteiger partial charge in [0.1, 0.15) is 0 Å². The smallest absolute Gasteiger partial charge is 0.418 e. The van der Waals surface area contributed by atoms with Gasteiger partial charge in [-0.25, -0.2) is 4.39 Å². The Bertz CT molecular complexity index is 348. The summed E-state index contributed by atoms with van der Waals surface area (Å²) in [6.45, 7) is 0. The Morgan fingerprint density at radius 2 is 1.93 bits per heavy atom. The standard InChI is InChI=1S/C9H8F4O2/c1-15-7-4-5(2-3-6(7)10)8(14)9(11,12)13/h2-4,8,14H,1H3. The lowest BCUT2D eigenvalue weighted by Gasteiger charge is -2.15. The van der Waals surface area contributed by atoms with Crippen molar-refractivity contribution in [1.29, 1.82) is 0 Å². The predicted octanol–water partition coefficient (Wildman–Crippen LogP) is 2.43. The average Bonchev–Trinajstić information content (AvgIpc) is 2.16. The van der Waals surface area contributed by atoms with Crippen molar-refractivity contribution in [2.75, 3.05) is 7.11 Å². The maximum absolute atomic E-state index is 12.8. The first kappa shape index (κ1) is 11.8. The van der Waals surface area contributed by atoms with E-state index in [1.54, 1.807) is 0 Å². The molecule has 1 rings (SSSR count). The molecule has 0 aliphatic heterocycles. The number of hydrogen-bond acceptors (Lipinski definition) is 2. The predicted molar refractivity (Wildman–Crippen MR) is 44.0 cm³/mol. The Labute approximate surface area is 83.1 Å². The zero-order chi connectivity index (χ0) is 11.6. The molecule has 0 radical (unpaired) electrons. The number of alkyl halides is 3. The van der Waals surface area contributed by atoms with Gasteiger partial charge in [0.25, 0.3) is 0 Å². The van der Waals surface area contributed by atoms with Crippen LogP contribution in [-0.4, -0.2) is 18.4 Å². The third-order valence-electron chi connectivity index (χ3n) is 1.80. The van der Waals surface area contributed by atoms with Gasteiger partial charge in [-0.1, -0.05) is 6.07 Å². The molecule has 0 aliphatic carbocycles. The fraction of sp³-hybridized carbons (Fsp3) is 0.333. The fourth-order valence-electron chi connectivity index (χ4n) is 1.04. The first-order valence-corrected chi connectivity index (χ1v) is 3.94. The number of benzene rings is 1. The minimum Gasteiger partial charge on any atom is -0.494 e. The van der Waals surface area contributed by atoms with Crippen molar-refractivity contribution in [3.8, 4) is 5.75 Å². The van der Waals surface area contributed by atoms with Crippen molar-refractivity contribution in [2.45, 2.75) is 12.3 Å². The van der Waals surface area contributed by atoms with Gasteiger partial charge < -0.3 is 9.84 Å². The topological polar surface area (TPSA) is 29.5 Å². The summed E-state index contributed by atoms with van der Waals surface area (Å²) in [4.78, 5) is 0. The molecule has 84 valence electrons. The molecule has 1 unspecified atom stereocenters. The lowest BCUT2D eigenvalue weighted by molar-refractivity contribution is -0.206. The van der Waals surface area contributed by atoms with E-state index >= 15 is 0 Å². The molecule has 0 aromatic heterocycles. The molecule has 1 N–H and O–H groups in total. The van der Waals surface area contributed by atoms with Gasteiger partial charge in [-0.3, -0.25) is 0 Å². The van der Waals surface area contributed by atoms with Crippen molar-refractivity contribution in [3.05, 3.63) is 29.6 Å². The van der Waals surface area contributed by atoms with Crippen molar-refractivity contribution in [2.24, 2.45) is 0 Å². The van der Waals surface area contributed by atoms with E-state index in [9.17, 15) is 17.6 Å². The summed E-state index contributed by atoms with van der Waals surface area (Å²) < 4.78 is 53.6. The largest absolute Gasteiger partial charge is 0.494 e. The molecule has 6 heteroatoms. The lowest BCUT2D eigenvalue weighted by atomic mass is 10.1. The van der Waals surface area contributed by atoms with E-state index in [0.29, 0.717) is 0 Å². The molecule has 1 aromatic rings. The van der Waals surface area contributed by atoms with Crippen molar-refractivity contribution < 1.29 is 27.4 Å². The summed E-state index contributed by atoms with van der Waals surface area (Å²) in [5.41, 5.74) is -0.458. The number of ether oxygens (including phenoxy) is 1. The molecule has 0 saturated carbocycles. The first-order chi connectivity index (χ1) is 6.86. The van der Waals surface area contributed by atoms with Crippen LogP contribution < -0.4 is 4.74 Å². The molecule has 0 spiro atoms. The zero-order valence-electron chi connectivity index (χ0n) is 7.68. The lowest BCUT2D eigenvalue weighted by Crippen LogP contribution is -2.20. The van der Waals surface area contributed by atoms with Gasteiger partial charge in [0, 0.05) is 0 Å². The van der Waals surface area contributed by atoms with Crippen LogP contribution in [0.5, 0.6) is 5.75 Å². The van der Waals surface area contributed by atoms with E-state index in [1.807, 2.05) is 0 Å². The number of hydrogen-bond donors (Lipinski definition) is 1. The SMILES string of the molecule is COc1cc(C(O)C(F)(F)F)ccc1F. The van der Waals surface area contributed by atoms with Crippen LogP contribution in [-0.2, 0) is 0 Å². The van der Waals surface area contributed by atoms with Gasteiger partial charge in [0.15, 0.2) is 17.7 Å². The highest BCUT2D eigenvalue weighted by molar-refractivity contribution is 5.32. The summed E-state index contributed by atoms with van der Waals surface area (Å²) in [6, 6.07) is 2.48. The normalized spacial score (nSPS) is 13.7. The third-order valence-corrected chi connectivity index (χ3v) is 1.80. The number of aliphatic hydroxyl groups is 1. The van der Waals surface area contributed by atoms with Gasteiger partial charge in [0.05, 0.1) is 7.11 Å². The molecule has 0 amide bonds. The Hall–Kier alpha value is -1.30. The van der Waals surface area contributed by atoms with Gasteiger partial charge >= 0.3 is 6.18 Å². The summed E-state index contributed by atoms with van der Waals surface area (Å²) >= 11 is 0. The summed E-state index contributed by atoms with van der Waals surface area (Å²) in [7, 11) is 1.13. The maximum atomic E-state index is 12.8. The molecule has 0 bridgehead atoms. The van der Waals surface area contributed by atoms with E-state index in [2.05, 4.69) is 4.74 Å². The van der Waals surface area contributed by atoms with Crippen molar-refractivity contribution in [1.82, 2.24) is 0 Å². The van der Waals surface area contributed by atoms with Crippen LogP contribution in [0, 0.1) is 5.82 Å². The highest BCUT2D eigenvalue weighted by Gasteiger charge is 2.39. The minimum absolute atomic E-state index is 0.337. The molecular weight excluding hydrogens is 216 g/mol. The van der Waals surface area contributed by atoms with Crippen LogP contribution in [0.25, 0.3) is 0 Å². The third kappa shape index (κ3) is 2.59. The molecule has 1 atom stereocenters. The van der Waals surface area contributed by atoms with Crippen LogP contribution in [0.3, 0.4) is 0 Å². The second-order valence-corrected chi connectivity index (χ2v) is 2.84. The monoisotopic (exact) mass is 224 g/mol. The van der Waals surface area contributed by atoms with Gasteiger partial charge in [-0.2, -0.15) is 13.2 Å². The highest BCUT2D eigenvalue weighted by atomic mass is 19.4. The van der Waals surface area contributed by atoms with Crippen LogP contribution in [0.4, 0.5) is 17.6 Å². The minimum atomic E-state index is -4.77. The van der Waals surface area contributed by atoms with Gasteiger partial charge in [-0.05, 0) is 17.7 Å². The molecule has 1 aromatic carbocycles. The Balaban J connectivity index is 3.06. The van der Waals surface area contributed by atoms with E-state index in [4.69, 9.17) is 5.11 Å². The highest BCUT2D eigenvalue weighted by Crippen LogP contribution is 2.34. The number of halogens is 4. The molecule has 0 aliphatic rings. The second-order valence-electron chi connectivity index (χ2n) is 2.84. The Kier molecular flexibility index (Phi) is 3.18. The zero-order valence-corrected chi connectivity index (χ0v) is 7.68. The number of aliphatic hydroxyl groups excluding tert-OH is 1. The maximum Gasteiger partial charge on any atom is 0.418 e. The van der Waals surface area contributed by atoms with Crippen LogP contribution >= 0.6 is 0 Å². The second kappa shape index (κ2) is 4.06. The molecule has 15 heavy (non-hydrogen) atoms. The fourth-order valence-corrected chi connectivity index (χ4v) is 1.04. The van der Waals surface area contributed by atoms with Crippen LogP contribution in [0.1, 0.15) is 11.7 Å². The van der Waals surface area contributed by atoms with E-state index in [-0.39, 0.29) is 5.75 Å². The molecular formula is C9H8F4O2. The van der Waals surface area contributed by atoms with Gasteiger partial charge in [0.2, 0.25) is 0 Å². The van der Waals surface area contributed by atoms with Crippen LogP contribution in [0.15, 0.2) is 18.2 Å². The Morgan fingerprint density at radius 3 is 2.40 bits per heavy atom. The average molecular weight is 224 g/mol. The van der Waals surface area contributed by atoms with Gasteiger partial charge in [-0.15, -0.1) is 0 Å². The summed E-state index contributed by atoms with van der Waals surface area (Å²) in [5, 5.41) is 8.86. The summed E-state index contributed by atoms with van der Waals surface area (Å²) in [6.07, 6.45) is -7.41. The molecule has 2 nitrogen and oxygen atoms in total. The van der Waals surface area contributed by atoms with Crippen molar-refractivity contribution >= 4 is 0 Å². The molecule has 0 saturated heterocycles. The number of methoxy groups -OCH3 is 1. The van der Waals surface area contributed by atoms with Crippen LogP contribution in [0.2, 0.25) is 0 Å². The van der Waals surface area contributed by atoms with E-state index in [0.717, 1.165) is 25.3 Å². The van der Waals surface area contributed by atoms with Crippen molar-refractivity contribution in [3.63, 3.8) is 0 Å². The van der Waals surface area contributed by atoms with E-state index in [1.165, 1.54) is 0 Å². The summed E-state index contributed by atoms with van der Waals surface area (Å²) in [5.74, 6) is -1.12.